The third kappa shape index (κ3) is 5.49. The molecule has 1 amide bonds. The van der Waals surface area contributed by atoms with Gasteiger partial charge in [-0.25, -0.2) is 9.97 Å². The van der Waals surface area contributed by atoms with Crippen LogP contribution < -0.4 is 14.8 Å². The lowest BCUT2D eigenvalue weighted by atomic mass is 9.72. The highest BCUT2D eigenvalue weighted by molar-refractivity contribution is 8.00. The SMILES string of the molecule is CCOc1ccc(OCC)c(NC(=O)CSc2ncnc3sc4c(c23)CC[C@H](C(C)(C)C)C4)c1. The number of thioether (sulfide) groups is 1. The molecular weight excluding hydrogens is 466 g/mol. The van der Waals surface area contributed by atoms with Gasteiger partial charge in [-0.1, -0.05) is 32.5 Å². The second kappa shape index (κ2) is 10.5. The predicted octanol–water partition coefficient (Wildman–Crippen LogP) is 6.37. The summed E-state index contributed by atoms with van der Waals surface area (Å²) in [5.74, 6) is 2.16. The fourth-order valence-corrected chi connectivity index (χ4v) is 6.55. The number of nitrogens with one attached hydrogen (secondary N) is 1. The maximum absolute atomic E-state index is 12.9. The molecule has 0 unspecified atom stereocenters. The summed E-state index contributed by atoms with van der Waals surface area (Å²) in [6.45, 7) is 11.9. The van der Waals surface area contributed by atoms with Crippen LogP contribution in [0.4, 0.5) is 5.69 Å². The van der Waals surface area contributed by atoms with Gasteiger partial charge in [0.2, 0.25) is 5.91 Å². The average molecular weight is 500 g/mol. The molecule has 4 rings (SSSR count). The van der Waals surface area contributed by atoms with Gasteiger partial charge in [0.1, 0.15) is 27.7 Å². The number of aryl methyl sites for hydroxylation is 1. The smallest absolute Gasteiger partial charge is 0.234 e. The van der Waals surface area contributed by atoms with Crippen LogP contribution in [0, 0.1) is 11.3 Å². The third-order valence-electron chi connectivity index (χ3n) is 6.21. The number of ether oxygens (including phenoxy) is 2. The van der Waals surface area contributed by atoms with Crippen LogP contribution in [0.3, 0.4) is 0 Å². The Bertz CT molecular complexity index is 1170. The van der Waals surface area contributed by atoms with Crippen molar-refractivity contribution in [3.05, 3.63) is 35.0 Å². The molecule has 1 atom stereocenters. The summed E-state index contributed by atoms with van der Waals surface area (Å²) in [5, 5.41) is 5.01. The van der Waals surface area contributed by atoms with Gasteiger partial charge in [-0.15, -0.1) is 11.3 Å². The van der Waals surface area contributed by atoms with E-state index in [4.69, 9.17) is 9.47 Å². The number of carbonyl (C=O) groups is 1. The lowest BCUT2D eigenvalue weighted by molar-refractivity contribution is -0.113. The van der Waals surface area contributed by atoms with Crippen LogP contribution in [0.2, 0.25) is 0 Å². The van der Waals surface area contributed by atoms with Crippen LogP contribution in [-0.2, 0) is 17.6 Å². The molecule has 1 aliphatic carbocycles. The fourth-order valence-electron chi connectivity index (χ4n) is 4.39. The number of aromatic nitrogens is 2. The molecule has 8 heteroatoms. The Labute approximate surface area is 209 Å². The van der Waals surface area contributed by atoms with Crippen molar-refractivity contribution < 1.29 is 14.3 Å². The van der Waals surface area contributed by atoms with Crippen molar-refractivity contribution >= 4 is 44.9 Å². The number of rotatable bonds is 8. The highest BCUT2D eigenvalue weighted by atomic mass is 32.2. The minimum atomic E-state index is -0.108. The number of anilines is 1. The molecule has 1 aliphatic rings. The third-order valence-corrected chi connectivity index (χ3v) is 8.36. The van der Waals surface area contributed by atoms with Gasteiger partial charge >= 0.3 is 0 Å². The van der Waals surface area contributed by atoms with Crippen molar-refractivity contribution in [1.82, 2.24) is 9.97 Å². The second-order valence-corrected chi connectivity index (χ2v) is 11.6. The van der Waals surface area contributed by atoms with Crippen molar-refractivity contribution in [3.8, 4) is 11.5 Å². The van der Waals surface area contributed by atoms with Crippen molar-refractivity contribution in [1.29, 1.82) is 0 Å². The molecule has 2 heterocycles. The molecule has 0 radical (unpaired) electrons. The summed E-state index contributed by atoms with van der Waals surface area (Å²) in [7, 11) is 0. The van der Waals surface area contributed by atoms with Gasteiger partial charge in [-0.3, -0.25) is 4.79 Å². The van der Waals surface area contributed by atoms with E-state index in [1.807, 2.05) is 26.0 Å². The highest BCUT2D eigenvalue weighted by Crippen LogP contribution is 2.44. The van der Waals surface area contributed by atoms with Gasteiger partial charge in [0.05, 0.1) is 24.7 Å². The molecule has 34 heavy (non-hydrogen) atoms. The molecule has 1 aromatic carbocycles. The summed E-state index contributed by atoms with van der Waals surface area (Å²) < 4.78 is 11.3. The van der Waals surface area contributed by atoms with E-state index in [-0.39, 0.29) is 11.7 Å². The molecule has 0 fully saturated rings. The van der Waals surface area contributed by atoms with E-state index in [1.165, 1.54) is 28.6 Å². The van der Waals surface area contributed by atoms with Gasteiger partial charge < -0.3 is 14.8 Å². The first-order valence-corrected chi connectivity index (χ1v) is 13.7. The summed E-state index contributed by atoms with van der Waals surface area (Å²) >= 11 is 3.26. The lowest BCUT2D eigenvalue weighted by Gasteiger charge is -2.33. The summed E-state index contributed by atoms with van der Waals surface area (Å²) in [4.78, 5) is 24.4. The zero-order valence-corrected chi connectivity index (χ0v) is 22.2. The summed E-state index contributed by atoms with van der Waals surface area (Å²) in [5.41, 5.74) is 2.30. The van der Waals surface area contributed by atoms with Gasteiger partial charge in [0, 0.05) is 16.3 Å². The molecule has 0 saturated carbocycles. The standard InChI is InChI=1S/C26H33N3O3S2/c1-6-31-17-9-11-20(32-7-2)19(13-17)29-22(30)14-33-24-23-18-10-8-16(26(3,4)5)12-21(18)34-25(23)28-15-27-24/h9,11,13,15-16H,6-8,10,12,14H2,1-5H3,(H,29,30)/t16-/m0/s1. The van der Waals surface area contributed by atoms with Crippen molar-refractivity contribution in [2.45, 2.75) is 58.9 Å². The lowest BCUT2D eigenvalue weighted by Crippen LogP contribution is -2.26. The van der Waals surface area contributed by atoms with E-state index in [9.17, 15) is 4.79 Å². The number of carbonyl (C=O) groups excluding carboxylic acids is 1. The van der Waals surface area contributed by atoms with Crippen LogP contribution in [0.15, 0.2) is 29.6 Å². The first-order chi connectivity index (χ1) is 16.3. The molecule has 3 aromatic rings. The van der Waals surface area contributed by atoms with E-state index in [0.717, 1.165) is 28.1 Å². The molecule has 0 aliphatic heterocycles. The monoisotopic (exact) mass is 499 g/mol. The Hall–Kier alpha value is -2.32. The molecule has 0 spiro atoms. The maximum atomic E-state index is 12.9. The van der Waals surface area contributed by atoms with E-state index >= 15 is 0 Å². The van der Waals surface area contributed by atoms with Gasteiger partial charge in [-0.05, 0) is 62.1 Å². The Kier molecular flexibility index (Phi) is 7.67. The number of thiophene rings is 1. The largest absolute Gasteiger partial charge is 0.494 e. The van der Waals surface area contributed by atoms with E-state index < -0.39 is 0 Å². The van der Waals surface area contributed by atoms with E-state index in [2.05, 4.69) is 36.1 Å². The molecule has 1 N–H and O–H groups in total. The Morgan fingerprint density at radius 3 is 2.74 bits per heavy atom. The van der Waals surface area contributed by atoms with Crippen LogP contribution >= 0.6 is 23.1 Å². The van der Waals surface area contributed by atoms with Crippen LogP contribution in [-0.4, -0.2) is 34.8 Å². The number of amides is 1. The number of hydrogen-bond acceptors (Lipinski definition) is 7. The summed E-state index contributed by atoms with van der Waals surface area (Å²) in [6.07, 6.45) is 4.94. The van der Waals surface area contributed by atoms with Gasteiger partial charge in [0.15, 0.2) is 0 Å². The molecule has 0 saturated heterocycles. The molecule has 6 nitrogen and oxygen atoms in total. The zero-order valence-electron chi connectivity index (χ0n) is 20.6. The first kappa shape index (κ1) is 24.8. The number of benzene rings is 1. The Morgan fingerprint density at radius 2 is 2.00 bits per heavy atom. The normalized spacial score (nSPS) is 15.7. The quantitative estimate of drug-likeness (QED) is 0.287. The summed E-state index contributed by atoms with van der Waals surface area (Å²) in [6, 6.07) is 5.48. The van der Waals surface area contributed by atoms with Crippen molar-refractivity contribution in [2.75, 3.05) is 24.3 Å². The number of fused-ring (bicyclic) bond motifs is 3. The zero-order chi connectivity index (χ0) is 24.3. The number of nitrogens with zero attached hydrogens (tertiary/aromatic N) is 2. The first-order valence-electron chi connectivity index (χ1n) is 11.9. The van der Waals surface area contributed by atoms with Crippen LogP contribution in [0.5, 0.6) is 11.5 Å². The number of hydrogen-bond donors (Lipinski definition) is 1. The highest BCUT2D eigenvalue weighted by Gasteiger charge is 2.31. The van der Waals surface area contributed by atoms with E-state index in [1.54, 1.807) is 23.7 Å². The van der Waals surface area contributed by atoms with Crippen LogP contribution in [0.1, 0.15) is 51.5 Å². The predicted molar refractivity (Wildman–Crippen MR) is 141 cm³/mol. The topological polar surface area (TPSA) is 73.3 Å². The van der Waals surface area contributed by atoms with Gasteiger partial charge in [-0.2, -0.15) is 0 Å². The fraction of sp³-hybridized carbons (Fsp3) is 0.500. The van der Waals surface area contributed by atoms with Crippen LogP contribution in [0.25, 0.3) is 10.2 Å². The molecule has 182 valence electrons. The molecule has 0 bridgehead atoms. The van der Waals surface area contributed by atoms with E-state index in [0.29, 0.717) is 41.7 Å². The second-order valence-electron chi connectivity index (χ2n) is 9.53. The average Bonchev–Trinajstić information content (AvgIpc) is 3.17. The van der Waals surface area contributed by atoms with Crippen molar-refractivity contribution in [3.63, 3.8) is 0 Å². The Balaban J connectivity index is 1.50. The minimum Gasteiger partial charge on any atom is -0.494 e. The maximum Gasteiger partial charge on any atom is 0.234 e. The Morgan fingerprint density at radius 1 is 1.21 bits per heavy atom. The molecular formula is C26H33N3O3S2. The minimum absolute atomic E-state index is 0.108. The molecule has 2 aromatic heterocycles. The van der Waals surface area contributed by atoms with Gasteiger partial charge in [0.25, 0.3) is 0 Å². The van der Waals surface area contributed by atoms with Crippen molar-refractivity contribution in [2.24, 2.45) is 11.3 Å².